The van der Waals surface area contributed by atoms with Gasteiger partial charge in [0.15, 0.2) is 0 Å². The van der Waals surface area contributed by atoms with E-state index in [2.05, 4.69) is 12.2 Å². The van der Waals surface area contributed by atoms with Crippen LogP contribution in [0.5, 0.6) is 0 Å². The third-order valence-corrected chi connectivity index (χ3v) is 3.88. The first-order valence-electron chi connectivity index (χ1n) is 8.56. The molecule has 0 aromatic heterocycles. The molecule has 0 aliphatic carbocycles. The van der Waals surface area contributed by atoms with Gasteiger partial charge in [-0.05, 0) is 32.4 Å². The van der Waals surface area contributed by atoms with Crippen LogP contribution in [0.25, 0.3) is 0 Å². The van der Waals surface area contributed by atoms with Crippen LogP contribution in [0.2, 0.25) is 0 Å². The molecule has 120 valence electrons. The Morgan fingerprint density at radius 3 is 2.10 bits per heavy atom. The largest absolute Gasteiger partial charge is 0.392 e. The van der Waals surface area contributed by atoms with Crippen LogP contribution in [0.4, 0.5) is 0 Å². The highest BCUT2D eigenvalue weighted by Gasteiger charge is 2.11. The molecular formula is C17H35NO2. The Morgan fingerprint density at radius 2 is 1.50 bits per heavy atom. The van der Waals surface area contributed by atoms with Crippen LogP contribution in [-0.2, 0) is 4.79 Å². The predicted molar refractivity (Wildman–Crippen MR) is 85.9 cm³/mol. The molecule has 2 unspecified atom stereocenters. The van der Waals surface area contributed by atoms with Gasteiger partial charge in [-0.15, -0.1) is 0 Å². The minimum absolute atomic E-state index is 0.234. The molecule has 2 atom stereocenters. The third kappa shape index (κ3) is 12.6. The summed E-state index contributed by atoms with van der Waals surface area (Å²) in [6.07, 6.45) is 12.8. The van der Waals surface area contributed by atoms with E-state index in [1.54, 1.807) is 6.92 Å². The Balaban J connectivity index is 3.11. The number of carbonyl (C=O) groups is 1. The Morgan fingerprint density at radius 1 is 0.950 bits per heavy atom. The number of hydrogen-bond donors (Lipinski definition) is 2. The fourth-order valence-electron chi connectivity index (χ4n) is 2.30. The van der Waals surface area contributed by atoms with Crippen molar-refractivity contribution in [3.63, 3.8) is 0 Å². The van der Waals surface area contributed by atoms with Gasteiger partial charge in [0.05, 0.1) is 6.10 Å². The van der Waals surface area contributed by atoms with Gasteiger partial charge in [-0.25, -0.2) is 0 Å². The lowest BCUT2D eigenvalue weighted by Gasteiger charge is -2.13. The zero-order valence-corrected chi connectivity index (χ0v) is 13.6. The van der Waals surface area contributed by atoms with Crippen molar-refractivity contribution in [2.24, 2.45) is 5.92 Å². The first-order valence-corrected chi connectivity index (χ1v) is 8.56. The van der Waals surface area contributed by atoms with Gasteiger partial charge >= 0.3 is 0 Å². The monoisotopic (exact) mass is 285 g/mol. The van der Waals surface area contributed by atoms with Crippen molar-refractivity contribution in [2.45, 2.75) is 84.2 Å². The van der Waals surface area contributed by atoms with E-state index in [9.17, 15) is 9.90 Å². The lowest BCUT2D eigenvalue weighted by Crippen LogP contribution is -2.22. The zero-order chi connectivity index (χ0) is 15.1. The second kappa shape index (κ2) is 15.0. The summed E-state index contributed by atoms with van der Waals surface area (Å²) < 4.78 is 0. The lowest BCUT2D eigenvalue weighted by atomic mass is 10.0. The summed E-state index contributed by atoms with van der Waals surface area (Å²) in [5.74, 6) is -0.234. The average molecular weight is 285 g/mol. The molecule has 0 aliphatic heterocycles. The molecular weight excluding hydrogens is 250 g/mol. The van der Waals surface area contributed by atoms with Crippen LogP contribution >= 0.6 is 0 Å². The first-order chi connectivity index (χ1) is 9.72. The van der Waals surface area contributed by atoms with Crippen LogP contribution < -0.4 is 5.32 Å². The van der Waals surface area contributed by atoms with Crippen LogP contribution in [0.3, 0.4) is 0 Å². The van der Waals surface area contributed by atoms with Gasteiger partial charge < -0.3 is 15.2 Å². The Hall–Kier alpha value is -0.410. The van der Waals surface area contributed by atoms with Crippen molar-refractivity contribution in [3.8, 4) is 0 Å². The first kappa shape index (κ1) is 19.6. The van der Waals surface area contributed by atoms with Gasteiger partial charge in [-0.1, -0.05) is 58.8 Å². The van der Waals surface area contributed by atoms with Crippen molar-refractivity contribution in [2.75, 3.05) is 13.1 Å². The summed E-state index contributed by atoms with van der Waals surface area (Å²) in [7, 11) is 0. The van der Waals surface area contributed by atoms with Crippen LogP contribution in [0.15, 0.2) is 0 Å². The molecule has 0 radical (unpaired) electrons. The van der Waals surface area contributed by atoms with Crippen LogP contribution in [0.1, 0.15) is 78.1 Å². The van der Waals surface area contributed by atoms with Gasteiger partial charge in [0.1, 0.15) is 6.29 Å². The highest BCUT2D eigenvalue weighted by molar-refractivity contribution is 5.53. The summed E-state index contributed by atoms with van der Waals surface area (Å²) >= 11 is 0. The molecule has 0 saturated carbocycles. The van der Waals surface area contributed by atoms with Crippen LogP contribution in [-0.4, -0.2) is 30.6 Å². The normalized spacial score (nSPS) is 14.2. The van der Waals surface area contributed by atoms with E-state index < -0.39 is 6.10 Å². The smallest absolute Gasteiger partial charge is 0.125 e. The van der Waals surface area contributed by atoms with Gasteiger partial charge in [-0.3, -0.25) is 0 Å². The molecule has 0 bridgehead atoms. The molecule has 0 rings (SSSR count). The number of aldehydes is 1. The molecule has 0 aromatic carbocycles. The van der Waals surface area contributed by atoms with Crippen molar-refractivity contribution >= 4 is 6.29 Å². The fourth-order valence-corrected chi connectivity index (χ4v) is 2.30. The number of rotatable bonds is 15. The Labute approximate surface area is 125 Å². The molecule has 20 heavy (non-hydrogen) atoms. The number of unbranched alkanes of at least 4 members (excludes halogenated alkanes) is 7. The topological polar surface area (TPSA) is 49.3 Å². The molecule has 0 saturated heterocycles. The maximum atomic E-state index is 10.5. The zero-order valence-electron chi connectivity index (χ0n) is 13.6. The third-order valence-electron chi connectivity index (χ3n) is 3.88. The maximum absolute atomic E-state index is 10.5. The second-order valence-corrected chi connectivity index (χ2v) is 5.93. The highest BCUT2D eigenvalue weighted by Crippen LogP contribution is 2.08. The SMILES string of the molecule is CCCCCCCCCCNCCCC(O)C(C)C=O. The predicted octanol–water partition coefficient (Wildman–Crippen LogP) is 3.69. The van der Waals surface area contributed by atoms with Gasteiger partial charge in [0, 0.05) is 5.92 Å². The summed E-state index contributed by atoms with van der Waals surface area (Å²) in [4.78, 5) is 10.5. The van der Waals surface area contributed by atoms with Crippen LogP contribution in [0, 0.1) is 5.92 Å². The molecule has 0 aromatic rings. The molecule has 0 aliphatic rings. The maximum Gasteiger partial charge on any atom is 0.125 e. The quantitative estimate of drug-likeness (QED) is 0.356. The standard InChI is InChI=1S/C17H35NO2/c1-3-4-5-6-7-8-9-10-13-18-14-11-12-17(20)16(2)15-19/h15-18,20H,3-14H2,1-2H3. The summed E-state index contributed by atoms with van der Waals surface area (Å²) in [6, 6.07) is 0. The van der Waals surface area contributed by atoms with E-state index in [1.165, 1.54) is 51.4 Å². The van der Waals surface area contributed by atoms with E-state index in [-0.39, 0.29) is 5.92 Å². The number of carbonyl (C=O) groups excluding carboxylic acids is 1. The number of aliphatic hydroxyl groups excluding tert-OH is 1. The number of nitrogens with one attached hydrogen (secondary N) is 1. The molecule has 0 fully saturated rings. The summed E-state index contributed by atoms with van der Waals surface area (Å²) in [6.45, 7) is 6.04. The van der Waals surface area contributed by atoms with Crippen molar-refractivity contribution in [1.29, 1.82) is 0 Å². The highest BCUT2D eigenvalue weighted by atomic mass is 16.3. The number of aliphatic hydroxyl groups is 1. The van der Waals surface area contributed by atoms with Crippen molar-refractivity contribution < 1.29 is 9.90 Å². The second-order valence-electron chi connectivity index (χ2n) is 5.93. The molecule has 0 amide bonds. The summed E-state index contributed by atoms with van der Waals surface area (Å²) in [5.41, 5.74) is 0. The van der Waals surface area contributed by atoms with E-state index in [4.69, 9.17) is 0 Å². The van der Waals surface area contributed by atoms with Gasteiger partial charge in [-0.2, -0.15) is 0 Å². The lowest BCUT2D eigenvalue weighted by molar-refractivity contribution is -0.113. The molecule has 0 heterocycles. The molecule has 2 N–H and O–H groups in total. The van der Waals surface area contributed by atoms with E-state index in [0.717, 1.165) is 25.8 Å². The minimum atomic E-state index is -0.475. The molecule has 0 spiro atoms. The number of hydrogen-bond acceptors (Lipinski definition) is 3. The Bertz CT molecular complexity index is 209. The van der Waals surface area contributed by atoms with Crippen molar-refractivity contribution in [1.82, 2.24) is 5.32 Å². The average Bonchev–Trinajstić information content (AvgIpc) is 2.47. The Kier molecular flexibility index (Phi) is 14.7. The molecule has 3 nitrogen and oxygen atoms in total. The fraction of sp³-hybridized carbons (Fsp3) is 0.941. The van der Waals surface area contributed by atoms with E-state index in [1.807, 2.05) is 0 Å². The molecule has 3 heteroatoms. The van der Waals surface area contributed by atoms with E-state index >= 15 is 0 Å². The minimum Gasteiger partial charge on any atom is -0.392 e. The van der Waals surface area contributed by atoms with Crippen molar-refractivity contribution in [3.05, 3.63) is 0 Å². The van der Waals surface area contributed by atoms with Gasteiger partial charge in [0.25, 0.3) is 0 Å². The summed E-state index contributed by atoms with van der Waals surface area (Å²) in [5, 5.41) is 13.0. The van der Waals surface area contributed by atoms with Gasteiger partial charge in [0.2, 0.25) is 0 Å². The van der Waals surface area contributed by atoms with E-state index in [0.29, 0.717) is 6.42 Å².